The van der Waals surface area contributed by atoms with E-state index >= 15 is 0 Å². The largest absolute Gasteiger partial charge is 0.486 e. The molecule has 1 aliphatic rings. The van der Waals surface area contributed by atoms with Gasteiger partial charge in [-0.25, -0.2) is 9.18 Å². The second-order valence-corrected chi connectivity index (χ2v) is 11.2. The summed E-state index contributed by atoms with van der Waals surface area (Å²) in [6, 6.07) is 14.8. The van der Waals surface area contributed by atoms with Crippen molar-refractivity contribution >= 4 is 46.5 Å². The number of rotatable bonds is 8. The van der Waals surface area contributed by atoms with Crippen molar-refractivity contribution in [1.82, 2.24) is 9.80 Å². The molecule has 8 nitrogen and oxygen atoms in total. The number of carbonyl (C=O) groups is 2. The van der Waals surface area contributed by atoms with E-state index in [0.29, 0.717) is 41.1 Å². The predicted octanol–water partition coefficient (Wildman–Crippen LogP) is 6.13. The molecule has 218 valence electrons. The fraction of sp³-hybridized carbons (Fsp3) is 0.333. The lowest BCUT2D eigenvalue weighted by Crippen LogP contribution is -2.49. The first kappa shape index (κ1) is 30.6. The van der Waals surface area contributed by atoms with Gasteiger partial charge in [-0.1, -0.05) is 42.3 Å². The van der Waals surface area contributed by atoms with Gasteiger partial charge < -0.3 is 25.4 Å². The van der Waals surface area contributed by atoms with Crippen molar-refractivity contribution in [1.29, 1.82) is 0 Å². The topological polar surface area (TPSA) is 94.1 Å². The Balaban J connectivity index is 1.62. The van der Waals surface area contributed by atoms with Gasteiger partial charge in [0, 0.05) is 31.2 Å². The van der Waals surface area contributed by atoms with Crippen LogP contribution in [0.15, 0.2) is 60.7 Å². The van der Waals surface area contributed by atoms with Crippen LogP contribution in [-0.4, -0.2) is 65.7 Å². The Hall–Kier alpha value is -3.37. The number of urea groups is 1. The maximum atomic E-state index is 13.7. The number of carbonyl (C=O) groups excluding carboxylic acids is 2. The monoisotopic (exact) mass is 602 g/mol. The fourth-order valence-electron chi connectivity index (χ4n) is 4.70. The van der Waals surface area contributed by atoms with Gasteiger partial charge in [0.2, 0.25) is 0 Å². The number of hydrogen-bond donors (Lipinski definition) is 3. The number of anilines is 2. The van der Waals surface area contributed by atoms with Crippen LogP contribution in [0.4, 0.5) is 20.6 Å². The molecule has 0 radical (unpaired) electrons. The molecule has 11 heteroatoms. The first-order valence-corrected chi connectivity index (χ1v) is 14.0. The zero-order valence-corrected chi connectivity index (χ0v) is 24.5. The van der Waals surface area contributed by atoms with Gasteiger partial charge in [0.15, 0.2) is 5.75 Å². The minimum atomic E-state index is -0.579. The van der Waals surface area contributed by atoms with Crippen LogP contribution in [0.3, 0.4) is 0 Å². The quantitative estimate of drug-likeness (QED) is 0.288. The number of aliphatic hydroxyl groups is 1. The molecule has 3 atom stereocenters. The van der Waals surface area contributed by atoms with Crippen molar-refractivity contribution in [2.75, 3.05) is 37.4 Å². The minimum Gasteiger partial charge on any atom is -0.486 e. The lowest BCUT2D eigenvalue weighted by molar-refractivity contribution is 0.0343. The van der Waals surface area contributed by atoms with Crippen LogP contribution in [0.5, 0.6) is 5.75 Å². The van der Waals surface area contributed by atoms with Crippen LogP contribution >= 0.6 is 23.2 Å². The third-order valence-corrected chi connectivity index (χ3v) is 7.71. The van der Waals surface area contributed by atoms with E-state index in [1.54, 1.807) is 36.1 Å². The SMILES string of the molecule is C[C@@H]1CN([C@H](C)CO)C(=O)c2cccc(NC(=O)Nc3ccc(F)cc3)c2O[C@H]1CN(C)Cc1ccc(Cl)c(Cl)c1. The average molecular weight is 604 g/mol. The highest BCUT2D eigenvalue weighted by Crippen LogP contribution is 2.35. The van der Waals surface area contributed by atoms with Gasteiger partial charge in [0.1, 0.15) is 11.9 Å². The summed E-state index contributed by atoms with van der Waals surface area (Å²) in [5.41, 5.74) is 1.96. The van der Waals surface area contributed by atoms with Crippen molar-refractivity contribution in [2.45, 2.75) is 32.5 Å². The molecule has 4 rings (SSSR count). The Labute approximate surface area is 249 Å². The van der Waals surface area contributed by atoms with Crippen molar-refractivity contribution in [3.8, 4) is 5.75 Å². The highest BCUT2D eigenvalue weighted by Gasteiger charge is 2.34. The number of fused-ring (bicyclic) bond motifs is 1. The molecule has 0 saturated heterocycles. The van der Waals surface area contributed by atoms with Gasteiger partial charge in [-0.15, -0.1) is 0 Å². The molecule has 0 aromatic heterocycles. The molecule has 3 amide bonds. The molecular formula is C30H33Cl2FN4O4. The number of aliphatic hydroxyl groups excluding tert-OH is 1. The lowest BCUT2D eigenvalue weighted by Gasteiger charge is -2.38. The van der Waals surface area contributed by atoms with Crippen LogP contribution < -0.4 is 15.4 Å². The first-order chi connectivity index (χ1) is 19.5. The van der Waals surface area contributed by atoms with Gasteiger partial charge in [0.05, 0.1) is 33.9 Å². The van der Waals surface area contributed by atoms with E-state index in [2.05, 4.69) is 15.5 Å². The molecule has 1 aliphatic heterocycles. The molecule has 3 N–H and O–H groups in total. The summed E-state index contributed by atoms with van der Waals surface area (Å²) in [7, 11) is 1.96. The number of nitrogens with zero attached hydrogens (tertiary/aromatic N) is 2. The smallest absolute Gasteiger partial charge is 0.323 e. The predicted molar refractivity (Wildman–Crippen MR) is 159 cm³/mol. The summed E-state index contributed by atoms with van der Waals surface area (Å²) in [4.78, 5) is 30.2. The van der Waals surface area contributed by atoms with Gasteiger partial charge in [0.25, 0.3) is 5.91 Å². The normalized spacial score (nSPS) is 17.8. The van der Waals surface area contributed by atoms with Crippen LogP contribution in [0.2, 0.25) is 10.0 Å². The number of amides is 3. The maximum Gasteiger partial charge on any atom is 0.323 e. The highest BCUT2D eigenvalue weighted by atomic mass is 35.5. The summed E-state index contributed by atoms with van der Waals surface area (Å²) in [5.74, 6) is -0.614. The molecule has 41 heavy (non-hydrogen) atoms. The van der Waals surface area contributed by atoms with Crippen molar-refractivity contribution < 1.29 is 23.8 Å². The highest BCUT2D eigenvalue weighted by molar-refractivity contribution is 6.42. The average Bonchev–Trinajstić information content (AvgIpc) is 2.94. The first-order valence-electron chi connectivity index (χ1n) is 13.2. The van der Waals surface area contributed by atoms with Gasteiger partial charge in [-0.05, 0) is 68.1 Å². The Morgan fingerprint density at radius 3 is 2.56 bits per heavy atom. The Morgan fingerprint density at radius 2 is 1.88 bits per heavy atom. The van der Waals surface area contributed by atoms with Crippen molar-refractivity contribution in [3.63, 3.8) is 0 Å². The number of nitrogens with one attached hydrogen (secondary N) is 2. The van der Waals surface area contributed by atoms with Gasteiger partial charge in [-0.3, -0.25) is 9.69 Å². The molecule has 0 unspecified atom stereocenters. The number of halogens is 3. The second-order valence-electron chi connectivity index (χ2n) is 10.3. The molecule has 0 spiro atoms. The van der Waals surface area contributed by atoms with Crippen LogP contribution in [-0.2, 0) is 6.54 Å². The molecule has 1 heterocycles. The summed E-state index contributed by atoms with van der Waals surface area (Å²) >= 11 is 12.3. The Morgan fingerprint density at radius 1 is 1.15 bits per heavy atom. The number of likely N-dealkylation sites (N-methyl/N-ethyl adjacent to an activating group) is 1. The molecule has 0 aliphatic carbocycles. The van der Waals surface area contributed by atoms with E-state index in [4.69, 9.17) is 27.9 Å². The van der Waals surface area contributed by atoms with Crippen LogP contribution in [0.25, 0.3) is 0 Å². The number of benzene rings is 3. The van der Waals surface area contributed by atoms with Crippen LogP contribution in [0.1, 0.15) is 29.8 Å². The summed E-state index contributed by atoms with van der Waals surface area (Å²) in [5, 5.41) is 16.3. The van der Waals surface area contributed by atoms with E-state index in [9.17, 15) is 19.1 Å². The number of hydrogen-bond acceptors (Lipinski definition) is 5. The van der Waals surface area contributed by atoms with E-state index in [0.717, 1.165) is 5.56 Å². The molecule has 0 bridgehead atoms. The molecule has 0 saturated carbocycles. The third-order valence-electron chi connectivity index (χ3n) is 6.97. The van der Waals surface area contributed by atoms with E-state index in [1.807, 2.05) is 26.1 Å². The third kappa shape index (κ3) is 7.68. The second kappa shape index (κ2) is 13.5. The van der Waals surface area contributed by atoms with Gasteiger partial charge in [-0.2, -0.15) is 0 Å². The molecular weight excluding hydrogens is 570 g/mol. The Kier molecular flexibility index (Phi) is 10.1. The zero-order valence-electron chi connectivity index (χ0n) is 23.0. The van der Waals surface area contributed by atoms with Crippen molar-refractivity contribution in [3.05, 3.63) is 87.7 Å². The van der Waals surface area contributed by atoms with Crippen molar-refractivity contribution in [2.24, 2.45) is 5.92 Å². The fourth-order valence-corrected chi connectivity index (χ4v) is 5.02. The van der Waals surface area contributed by atoms with Crippen LogP contribution in [0, 0.1) is 11.7 Å². The summed E-state index contributed by atoms with van der Waals surface area (Å²) in [6.45, 7) is 5.02. The molecule has 0 fully saturated rings. The van der Waals surface area contributed by atoms with E-state index in [-0.39, 0.29) is 35.8 Å². The maximum absolute atomic E-state index is 13.7. The van der Waals surface area contributed by atoms with E-state index in [1.165, 1.54) is 24.3 Å². The standard InChI is InChI=1S/C30H33Cl2FN4O4/c1-18-14-37(19(2)17-38)29(39)23-5-4-6-26(35-30(40)34-22-10-8-21(33)9-11-22)28(23)41-27(18)16-36(3)15-20-7-12-24(31)25(32)13-20/h4-13,18-19,27,38H,14-17H2,1-3H3,(H2,34,35,40)/t18-,19-,27+/m1/s1. The van der Waals surface area contributed by atoms with Gasteiger partial charge >= 0.3 is 6.03 Å². The number of para-hydroxylation sites is 1. The summed E-state index contributed by atoms with van der Waals surface area (Å²) in [6.07, 6.45) is -0.383. The summed E-state index contributed by atoms with van der Waals surface area (Å²) < 4.78 is 19.8. The minimum absolute atomic E-state index is 0.126. The lowest BCUT2D eigenvalue weighted by atomic mass is 9.99. The van der Waals surface area contributed by atoms with E-state index < -0.39 is 17.9 Å². The molecule has 3 aromatic rings. The Bertz CT molecular complexity index is 1390. The molecule has 3 aromatic carbocycles. The number of ether oxygens (including phenoxy) is 1. The zero-order chi connectivity index (χ0) is 29.7.